The molecule has 0 spiro atoms. The van der Waals surface area contributed by atoms with Crippen LogP contribution in [0.1, 0.15) is 24.0 Å². The Morgan fingerprint density at radius 1 is 1.30 bits per heavy atom. The molecule has 0 radical (unpaired) electrons. The van der Waals surface area contributed by atoms with Gasteiger partial charge < -0.3 is 16.4 Å². The lowest BCUT2D eigenvalue weighted by atomic mass is 9.85. The van der Waals surface area contributed by atoms with Crippen LogP contribution < -0.4 is 21.9 Å². The van der Waals surface area contributed by atoms with E-state index in [1.165, 1.54) is 12.3 Å². The van der Waals surface area contributed by atoms with E-state index in [2.05, 4.69) is 22.3 Å². The molecule has 30 heavy (non-hydrogen) atoms. The van der Waals surface area contributed by atoms with Gasteiger partial charge in [0.05, 0.1) is 6.54 Å². The predicted molar refractivity (Wildman–Crippen MR) is 98.8 cm³/mol. The van der Waals surface area contributed by atoms with Crippen LogP contribution in [0.5, 0.6) is 0 Å². The van der Waals surface area contributed by atoms with E-state index in [1.54, 1.807) is 0 Å². The highest BCUT2D eigenvalue weighted by atomic mass is 19.4. The van der Waals surface area contributed by atoms with E-state index in [9.17, 15) is 27.2 Å². The predicted octanol–water partition coefficient (Wildman–Crippen LogP) is 2.32. The van der Waals surface area contributed by atoms with Gasteiger partial charge in [0.2, 0.25) is 5.54 Å². The van der Waals surface area contributed by atoms with Gasteiger partial charge in [0.15, 0.2) is 0 Å². The van der Waals surface area contributed by atoms with Crippen LogP contribution in [0.15, 0.2) is 29.2 Å². The van der Waals surface area contributed by atoms with Crippen molar-refractivity contribution in [1.82, 2.24) is 15.1 Å². The number of nitrogens with one attached hydrogen (secondary N) is 2. The van der Waals surface area contributed by atoms with Crippen LogP contribution in [-0.4, -0.2) is 22.0 Å². The first kappa shape index (κ1) is 19.8. The number of anilines is 2. The van der Waals surface area contributed by atoms with Crippen molar-refractivity contribution in [2.24, 2.45) is 5.92 Å². The molecule has 1 aromatic heterocycles. The third-order valence-electron chi connectivity index (χ3n) is 4.87. The molecule has 1 fully saturated rings. The number of nitrogens with zero attached hydrogens (tertiary/aromatic N) is 2. The maximum atomic E-state index is 14.8. The van der Waals surface area contributed by atoms with E-state index in [0.717, 1.165) is 10.7 Å². The molecular weight excluding hydrogens is 406 g/mol. The number of nitrogens with two attached hydrogens (primary N) is 1. The van der Waals surface area contributed by atoms with Gasteiger partial charge >= 0.3 is 12.2 Å². The molecule has 2 aromatic rings. The maximum Gasteiger partial charge on any atom is 0.427 e. The summed E-state index contributed by atoms with van der Waals surface area (Å²) in [5, 5.41) is 7.86. The summed E-state index contributed by atoms with van der Waals surface area (Å²) in [5.41, 5.74) is 0.710. The zero-order valence-electron chi connectivity index (χ0n) is 15.3. The number of amides is 2. The van der Waals surface area contributed by atoms with E-state index in [-0.39, 0.29) is 29.4 Å². The van der Waals surface area contributed by atoms with Gasteiger partial charge in [-0.3, -0.25) is 4.79 Å². The molecule has 0 saturated heterocycles. The fraction of sp³-hybridized carbons (Fsp3) is 0.316. The Morgan fingerprint density at radius 2 is 2.03 bits per heavy atom. The first-order chi connectivity index (χ1) is 14.1. The van der Waals surface area contributed by atoms with Crippen molar-refractivity contribution in [3.05, 3.63) is 51.7 Å². The minimum atomic E-state index is -5.00. The lowest BCUT2D eigenvalue weighted by Crippen LogP contribution is -2.59. The molecule has 1 atom stereocenters. The Bertz CT molecular complexity index is 1160. The van der Waals surface area contributed by atoms with Crippen LogP contribution in [0.3, 0.4) is 0 Å². The van der Waals surface area contributed by atoms with E-state index >= 15 is 0 Å². The van der Waals surface area contributed by atoms with Gasteiger partial charge in [-0.1, -0.05) is 11.8 Å². The molecule has 1 aliphatic carbocycles. The first-order valence-corrected chi connectivity index (χ1v) is 8.94. The average molecular weight is 421 g/mol. The van der Waals surface area contributed by atoms with E-state index in [1.807, 2.05) is 5.32 Å². The number of carbonyl (C=O) groups is 1. The number of benzene rings is 1. The Hall–Kier alpha value is -3.55. The van der Waals surface area contributed by atoms with E-state index in [4.69, 9.17) is 5.73 Å². The average Bonchev–Trinajstić information content (AvgIpc) is 3.48. The number of hydrogen-bond acceptors (Lipinski definition) is 4. The number of rotatable bonds is 2. The van der Waals surface area contributed by atoms with Crippen molar-refractivity contribution in [1.29, 1.82) is 0 Å². The highest BCUT2D eigenvalue weighted by Crippen LogP contribution is 2.45. The topological polar surface area (TPSA) is 102 Å². The molecule has 1 saturated carbocycles. The molecule has 4 N–H and O–H groups in total. The minimum Gasteiger partial charge on any atom is -0.394 e. The van der Waals surface area contributed by atoms with Gasteiger partial charge in [0.1, 0.15) is 11.5 Å². The molecule has 2 heterocycles. The normalized spacial score (nSPS) is 20.5. The monoisotopic (exact) mass is 421 g/mol. The number of alkyl halides is 3. The minimum absolute atomic E-state index is 0.118. The number of aromatic nitrogens is 2. The molecule has 1 unspecified atom stereocenters. The van der Waals surface area contributed by atoms with Gasteiger partial charge in [-0.05, 0) is 31.0 Å². The maximum absolute atomic E-state index is 14.8. The quantitative estimate of drug-likeness (QED) is 0.512. The van der Waals surface area contributed by atoms with Crippen molar-refractivity contribution in [2.75, 3.05) is 11.1 Å². The third-order valence-corrected chi connectivity index (χ3v) is 4.87. The van der Waals surface area contributed by atoms with Gasteiger partial charge in [0.25, 0.3) is 5.56 Å². The summed E-state index contributed by atoms with van der Waals surface area (Å²) in [6.07, 6.45) is -2.41. The second kappa shape index (κ2) is 6.76. The summed E-state index contributed by atoms with van der Waals surface area (Å²) in [6, 6.07) is 1.86. The summed E-state index contributed by atoms with van der Waals surface area (Å²) in [7, 11) is 0. The molecule has 11 heteroatoms. The fourth-order valence-corrected chi connectivity index (χ4v) is 3.12. The van der Waals surface area contributed by atoms with Crippen LogP contribution in [0, 0.1) is 23.6 Å². The van der Waals surface area contributed by atoms with Crippen molar-refractivity contribution in [3.63, 3.8) is 0 Å². The fourth-order valence-electron chi connectivity index (χ4n) is 3.12. The Labute approximate surface area is 167 Å². The van der Waals surface area contributed by atoms with Crippen LogP contribution >= 0.6 is 0 Å². The second-order valence-corrected chi connectivity index (χ2v) is 7.11. The van der Waals surface area contributed by atoms with Crippen molar-refractivity contribution >= 4 is 17.4 Å². The van der Waals surface area contributed by atoms with Crippen LogP contribution in [0.2, 0.25) is 0 Å². The molecule has 156 valence electrons. The van der Waals surface area contributed by atoms with Crippen LogP contribution in [-0.2, 0) is 12.1 Å². The summed E-state index contributed by atoms with van der Waals surface area (Å²) in [5.74, 6) is 3.47. The smallest absolute Gasteiger partial charge is 0.394 e. The largest absolute Gasteiger partial charge is 0.427 e. The second-order valence-electron chi connectivity index (χ2n) is 7.11. The molecule has 1 aliphatic heterocycles. The van der Waals surface area contributed by atoms with Crippen molar-refractivity contribution in [3.8, 4) is 11.8 Å². The number of urea groups is 1. The van der Waals surface area contributed by atoms with Gasteiger partial charge in [0, 0.05) is 28.9 Å². The number of hydrogen-bond donors (Lipinski definition) is 3. The van der Waals surface area contributed by atoms with E-state index < -0.39 is 34.7 Å². The molecule has 2 amide bonds. The zero-order valence-corrected chi connectivity index (χ0v) is 15.3. The molecule has 4 rings (SSSR count). The van der Waals surface area contributed by atoms with Gasteiger partial charge in [-0.15, -0.1) is 0 Å². The highest BCUT2D eigenvalue weighted by Gasteiger charge is 2.59. The Morgan fingerprint density at radius 3 is 2.70 bits per heavy atom. The number of nitrogen functional groups attached to an aromatic ring is 1. The summed E-state index contributed by atoms with van der Waals surface area (Å²) in [4.78, 5) is 24.1. The summed E-state index contributed by atoms with van der Waals surface area (Å²) >= 11 is 0. The Balaban J connectivity index is 1.84. The molecule has 0 bridgehead atoms. The number of carbonyl (C=O) groups excluding carboxylic acids is 1. The SMILES string of the molecule is Nc1ccnn(Cc2cc3c(cc2F)C(C#CC2CC2)(C(F)(F)F)NC(=O)N3)c1=O. The first-order valence-electron chi connectivity index (χ1n) is 8.94. The molecule has 2 aliphatic rings. The zero-order chi connectivity index (χ0) is 21.7. The van der Waals surface area contributed by atoms with Crippen LogP contribution in [0.25, 0.3) is 0 Å². The van der Waals surface area contributed by atoms with Crippen molar-refractivity contribution < 1.29 is 22.4 Å². The third kappa shape index (κ3) is 3.34. The summed E-state index contributed by atoms with van der Waals surface area (Å²) in [6.45, 7) is -0.390. The molecule has 1 aromatic carbocycles. The number of halogens is 4. The molecule has 7 nitrogen and oxygen atoms in total. The lowest BCUT2D eigenvalue weighted by Gasteiger charge is -2.37. The molecular formula is C19H15F4N5O2. The lowest BCUT2D eigenvalue weighted by molar-refractivity contribution is -0.178. The van der Waals surface area contributed by atoms with Crippen molar-refractivity contribution in [2.45, 2.75) is 31.1 Å². The van der Waals surface area contributed by atoms with Gasteiger partial charge in [-0.2, -0.15) is 18.3 Å². The standard InChI is InChI=1S/C19H15F4N5O2/c20-13-8-12-15(7-11(13)9-28-16(29)14(24)4-6-25-28)26-17(30)27-18(12,19(21,22)23)5-3-10-1-2-10/h4,6-8,10H,1-2,9,24H2,(H2,26,27,30). The van der Waals surface area contributed by atoms with Crippen LogP contribution in [0.4, 0.5) is 33.7 Å². The van der Waals surface area contributed by atoms with E-state index in [0.29, 0.717) is 18.9 Å². The Kier molecular flexibility index (Phi) is 4.45. The number of fused-ring (bicyclic) bond motifs is 1. The highest BCUT2D eigenvalue weighted by molar-refractivity contribution is 5.95. The summed E-state index contributed by atoms with van der Waals surface area (Å²) < 4.78 is 57.8. The van der Waals surface area contributed by atoms with Gasteiger partial charge in [-0.25, -0.2) is 13.9 Å².